The lowest BCUT2D eigenvalue weighted by molar-refractivity contribution is -0.146. The first kappa shape index (κ1) is 21.7. The molecule has 25 heavy (non-hydrogen) atoms. The van der Waals surface area contributed by atoms with Crippen molar-refractivity contribution in [2.75, 3.05) is 11.9 Å². The van der Waals surface area contributed by atoms with E-state index >= 15 is 0 Å². The van der Waals surface area contributed by atoms with Crippen molar-refractivity contribution < 1.29 is 24.2 Å². The number of hydrogen-bond donors (Lipinski definition) is 6. The van der Waals surface area contributed by atoms with Crippen molar-refractivity contribution in [2.24, 2.45) is 11.5 Å². The quantitative estimate of drug-likeness (QED) is 0.256. The van der Waals surface area contributed by atoms with Gasteiger partial charge >= 0.3 is 5.97 Å². The zero-order valence-corrected chi connectivity index (χ0v) is 15.6. The fraction of sp³-hybridized carbons (Fsp3) is 0.467. The van der Waals surface area contributed by atoms with Gasteiger partial charge in [-0.3, -0.25) is 9.36 Å². The van der Waals surface area contributed by atoms with Gasteiger partial charge in [0.2, 0.25) is 13.3 Å². The molecule has 4 atom stereocenters. The van der Waals surface area contributed by atoms with Gasteiger partial charge in [-0.25, -0.2) is 4.79 Å². The number of nitrogens with one attached hydrogen (secondary N) is 1. The highest BCUT2D eigenvalue weighted by molar-refractivity contribution is 7.80. The minimum absolute atomic E-state index is 0.00303. The predicted octanol–water partition coefficient (Wildman–Crippen LogP) is 0.000900. The molecule has 1 amide bonds. The zero-order valence-electron chi connectivity index (χ0n) is 13.8. The molecular weight excluding hydrogens is 365 g/mol. The molecule has 0 aliphatic heterocycles. The maximum Gasteiger partial charge on any atom is 0.330 e. The molecule has 1 rings (SSSR count). The summed E-state index contributed by atoms with van der Waals surface area (Å²) in [6.07, 6.45) is -0.904. The van der Waals surface area contributed by atoms with Crippen LogP contribution in [0.25, 0.3) is 0 Å². The third kappa shape index (κ3) is 5.83. The van der Waals surface area contributed by atoms with Gasteiger partial charge in [0.25, 0.3) is 0 Å². The average molecular weight is 389 g/mol. The van der Waals surface area contributed by atoms with Gasteiger partial charge in [-0.15, -0.1) is 0 Å². The number of amides is 1. The number of nitrogens with two attached hydrogens (primary N) is 2. The molecule has 0 spiro atoms. The lowest BCUT2D eigenvalue weighted by Gasteiger charge is -2.34. The maximum absolute atomic E-state index is 12.4. The Hall–Kier alpha value is -1.38. The van der Waals surface area contributed by atoms with Gasteiger partial charge in [-0.05, 0) is 12.5 Å². The number of carbonyl (C=O) groups excluding carboxylic acids is 1. The SMILES string of the molecule is CC(N)P(=O)(O)CC(Cc1ccccc1)(NC(=O)[C@H](N)CS)C(=O)O. The molecule has 1 aromatic rings. The highest BCUT2D eigenvalue weighted by Gasteiger charge is 2.47. The van der Waals surface area contributed by atoms with Crippen LogP contribution in [-0.2, 0) is 20.6 Å². The van der Waals surface area contributed by atoms with Gasteiger partial charge in [0.05, 0.1) is 18.0 Å². The van der Waals surface area contributed by atoms with Crippen molar-refractivity contribution in [1.82, 2.24) is 5.32 Å². The van der Waals surface area contributed by atoms with Crippen molar-refractivity contribution >= 4 is 31.9 Å². The normalized spacial score (nSPS) is 18.4. The molecule has 1 aromatic carbocycles. The Labute approximate surface area is 151 Å². The summed E-state index contributed by atoms with van der Waals surface area (Å²) in [6, 6.07) is 7.43. The van der Waals surface area contributed by atoms with Crippen LogP contribution in [0.5, 0.6) is 0 Å². The number of hydrogen-bond acceptors (Lipinski definition) is 6. The Morgan fingerprint density at radius 1 is 1.32 bits per heavy atom. The van der Waals surface area contributed by atoms with Crippen LogP contribution in [0.3, 0.4) is 0 Å². The molecule has 0 aliphatic rings. The van der Waals surface area contributed by atoms with E-state index in [4.69, 9.17) is 11.5 Å². The Balaban J connectivity index is 3.31. The molecule has 0 bridgehead atoms. The molecule has 0 radical (unpaired) electrons. The third-order valence-electron chi connectivity index (χ3n) is 3.79. The first-order valence-electron chi connectivity index (χ1n) is 7.57. The van der Waals surface area contributed by atoms with Crippen LogP contribution in [0.15, 0.2) is 30.3 Å². The van der Waals surface area contributed by atoms with Crippen LogP contribution >= 0.6 is 20.0 Å². The summed E-state index contributed by atoms with van der Waals surface area (Å²) in [4.78, 5) is 34.3. The van der Waals surface area contributed by atoms with Crippen LogP contribution in [-0.4, -0.2) is 51.2 Å². The predicted molar refractivity (Wildman–Crippen MR) is 98.8 cm³/mol. The van der Waals surface area contributed by atoms with E-state index in [1.807, 2.05) is 0 Å². The van der Waals surface area contributed by atoms with Crippen molar-refractivity contribution in [1.29, 1.82) is 0 Å². The summed E-state index contributed by atoms with van der Waals surface area (Å²) in [6.45, 7) is 1.32. The molecule has 0 heterocycles. The van der Waals surface area contributed by atoms with E-state index < -0.39 is 42.8 Å². The van der Waals surface area contributed by atoms with Crippen molar-refractivity contribution in [3.8, 4) is 0 Å². The van der Waals surface area contributed by atoms with Crippen molar-refractivity contribution in [3.63, 3.8) is 0 Å². The molecular formula is C15H24N3O5PS. The topological polar surface area (TPSA) is 156 Å². The summed E-state index contributed by atoms with van der Waals surface area (Å²) in [5.41, 5.74) is 9.70. The van der Waals surface area contributed by atoms with Crippen molar-refractivity contribution in [2.45, 2.75) is 30.7 Å². The second kappa shape index (κ2) is 8.82. The molecule has 8 nitrogen and oxygen atoms in total. The second-order valence-corrected chi connectivity index (χ2v) is 8.99. The van der Waals surface area contributed by atoms with Gasteiger partial charge in [0.15, 0.2) is 5.54 Å². The third-order valence-corrected chi connectivity index (χ3v) is 6.45. The Bertz CT molecular complexity index is 658. The van der Waals surface area contributed by atoms with E-state index in [2.05, 4.69) is 17.9 Å². The van der Waals surface area contributed by atoms with E-state index in [-0.39, 0.29) is 12.2 Å². The van der Waals surface area contributed by atoms with E-state index in [0.29, 0.717) is 5.56 Å². The van der Waals surface area contributed by atoms with E-state index in [0.717, 1.165) is 0 Å². The highest BCUT2D eigenvalue weighted by Crippen LogP contribution is 2.47. The first-order chi connectivity index (χ1) is 11.5. The first-order valence-corrected chi connectivity index (χ1v) is 10.1. The van der Waals surface area contributed by atoms with Crippen LogP contribution in [0.2, 0.25) is 0 Å². The van der Waals surface area contributed by atoms with Gasteiger partial charge in [-0.2, -0.15) is 12.6 Å². The molecule has 0 saturated heterocycles. The fourth-order valence-corrected chi connectivity index (χ4v) is 3.78. The number of carbonyl (C=O) groups is 2. The second-order valence-electron chi connectivity index (χ2n) is 5.98. The van der Waals surface area contributed by atoms with Crippen LogP contribution in [0.4, 0.5) is 0 Å². The Kier molecular flexibility index (Phi) is 7.64. The summed E-state index contributed by atoms with van der Waals surface area (Å²) in [5.74, 6) is -3.35. The van der Waals surface area contributed by atoms with Gasteiger partial charge < -0.3 is 26.8 Å². The highest BCUT2D eigenvalue weighted by atomic mass is 32.1. The summed E-state index contributed by atoms with van der Waals surface area (Å²) < 4.78 is 12.4. The number of aliphatic carboxylic acids is 1. The monoisotopic (exact) mass is 389 g/mol. The summed E-state index contributed by atoms with van der Waals surface area (Å²) in [5, 5.41) is 12.1. The van der Waals surface area contributed by atoms with Gasteiger partial charge in [-0.1, -0.05) is 30.3 Å². The minimum atomic E-state index is -4.05. The van der Waals surface area contributed by atoms with Crippen molar-refractivity contribution in [3.05, 3.63) is 35.9 Å². The lowest BCUT2D eigenvalue weighted by atomic mass is 9.92. The molecule has 140 valence electrons. The molecule has 0 aromatic heterocycles. The lowest BCUT2D eigenvalue weighted by Crippen LogP contribution is -2.62. The smallest absolute Gasteiger partial charge is 0.330 e. The number of rotatable bonds is 9. The standard InChI is InChI=1S/C15H24N3O5PS/c1-10(16)24(22,23)9-15(14(20)21,18-13(19)12(17)8-25)7-11-5-3-2-4-6-11/h2-6,10,12,25H,7-9,16-17H2,1H3,(H,18,19)(H,20,21)(H,22,23)/t10?,12-,15?/m1/s1. The zero-order chi connectivity index (χ0) is 19.3. The van der Waals surface area contributed by atoms with E-state index in [1.165, 1.54) is 6.92 Å². The van der Waals surface area contributed by atoms with Crippen LogP contribution in [0, 0.1) is 0 Å². The minimum Gasteiger partial charge on any atom is -0.479 e. The molecule has 10 heteroatoms. The number of thiol groups is 1. The molecule has 3 unspecified atom stereocenters. The van der Waals surface area contributed by atoms with E-state index in [1.54, 1.807) is 30.3 Å². The fourth-order valence-electron chi connectivity index (χ4n) is 2.22. The molecule has 0 aliphatic carbocycles. The maximum atomic E-state index is 12.4. The molecule has 0 fully saturated rings. The van der Waals surface area contributed by atoms with Crippen LogP contribution < -0.4 is 16.8 Å². The van der Waals surface area contributed by atoms with Gasteiger partial charge in [0.1, 0.15) is 0 Å². The molecule has 0 saturated carbocycles. The Morgan fingerprint density at radius 3 is 2.32 bits per heavy atom. The van der Waals surface area contributed by atoms with Crippen LogP contribution in [0.1, 0.15) is 12.5 Å². The van der Waals surface area contributed by atoms with E-state index in [9.17, 15) is 24.2 Å². The number of carboxylic acid groups (broad SMARTS) is 1. The summed E-state index contributed by atoms with van der Waals surface area (Å²) >= 11 is 3.92. The largest absolute Gasteiger partial charge is 0.479 e. The number of carboxylic acids is 1. The molecule has 7 N–H and O–H groups in total. The number of benzene rings is 1. The summed E-state index contributed by atoms with van der Waals surface area (Å²) in [7, 11) is -4.05. The Morgan fingerprint density at radius 2 is 1.88 bits per heavy atom. The van der Waals surface area contributed by atoms with Gasteiger partial charge in [0, 0.05) is 12.2 Å². The average Bonchev–Trinajstić information content (AvgIpc) is 2.54.